The summed E-state index contributed by atoms with van der Waals surface area (Å²) in [5, 5.41) is 0. The zero-order valence-electron chi connectivity index (χ0n) is 18.0. The third-order valence-electron chi connectivity index (χ3n) is 3.82. The molecule has 0 N–H and O–H groups in total. The van der Waals surface area contributed by atoms with Crippen LogP contribution < -0.4 is 0 Å². The van der Waals surface area contributed by atoms with E-state index in [4.69, 9.17) is 0 Å². The molecule has 0 fully saturated rings. The second kappa shape index (κ2) is 20.2. The summed E-state index contributed by atoms with van der Waals surface area (Å²) in [6.07, 6.45) is 28.0. The van der Waals surface area contributed by atoms with Crippen LogP contribution in [-0.2, 0) is 19.1 Å². The maximum atomic E-state index is 11.5. The molecule has 0 saturated heterocycles. The third kappa shape index (κ3) is 21.7. The molecule has 0 atom stereocenters. The van der Waals surface area contributed by atoms with Crippen molar-refractivity contribution in [1.82, 2.24) is 0 Å². The van der Waals surface area contributed by atoms with Crippen LogP contribution in [0.2, 0.25) is 0 Å². The summed E-state index contributed by atoms with van der Waals surface area (Å²) in [5.74, 6) is -1.24. The number of ketones is 1. The molecule has 0 aromatic heterocycles. The Morgan fingerprint density at radius 3 is 1.55 bits per heavy atom. The van der Waals surface area contributed by atoms with Gasteiger partial charge < -0.3 is 9.53 Å². The Kier molecular flexibility index (Phi) is 18.5. The van der Waals surface area contributed by atoms with Crippen molar-refractivity contribution in [3.63, 3.8) is 0 Å². The number of Topliss-reactive ketones (excluding diaryl/α,β-unsaturated/α-hetero) is 1. The fourth-order valence-corrected chi connectivity index (χ4v) is 2.24. The average Bonchev–Trinajstić information content (AvgIpc) is 2.68. The smallest absolute Gasteiger partial charge is 0.313 e. The van der Waals surface area contributed by atoms with E-state index in [0.717, 1.165) is 38.5 Å². The lowest BCUT2D eigenvalue weighted by Gasteiger charge is -2.01. The quantitative estimate of drug-likeness (QED) is 0.131. The Hall–Kier alpha value is -2.49. The maximum absolute atomic E-state index is 11.5. The Bertz CT molecular complexity index is 606. The molecule has 0 aromatic carbocycles. The van der Waals surface area contributed by atoms with E-state index in [-0.39, 0.29) is 25.0 Å². The molecule has 0 aliphatic rings. The van der Waals surface area contributed by atoms with Gasteiger partial charge in [-0.25, -0.2) is 0 Å². The van der Waals surface area contributed by atoms with Gasteiger partial charge in [0.2, 0.25) is 0 Å². The zero-order chi connectivity index (χ0) is 21.6. The van der Waals surface area contributed by atoms with Crippen molar-refractivity contribution in [2.24, 2.45) is 0 Å². The predicted octanol–water partition coefficient (Wildman–Crippen LogP) is 6.35. The third-order valence-corrected chi connectivity index (χ3v) is 3.82. The van der Waals surface area contributed by atoms with Crippen molar-refractivity contribution in [2.45, 2.75) is 78.1 Å². The molecule has 160 valence electrons. The van der Waals surface area contributed by atoms with Gasteiger partial charge in [0.25, 0.3) is 0 Å². The zero-order valence-corrected chi connectivity index (χ0v) is 18.0. The molecule has 29 heavy (non-hydrogen) atoms. The second-order valence-electron chi connectivity index (χ2n) is 6.65. The summed E-state index contributed by atoms with van der Waals surface area (Å²) in [5.41, 5.74) is 0. The van der Waals surface area contributed by atoms with Crippen LogP contribution in [0.15, 0.2) is 60.8 Å². The number of rotatable bonds is 16. The molecule has 0 amide bonds. The molecule has 0 spiro atoms. The van der Waals surface area contributed by atoms with Crippen LogP contribution in [-0.4, -0.2) is 17.7 Å². The van der Waals surface area contributed by atoms with Crippen LogP contribution in [0.3, 0.4) is 0 Å². The second-order valence-corrected chi connectivity index (χ2v) is 6.65. The topological polar surface area (TPSA) is 60.4 Å². The number of allylic oxidation sites excluding steroid dienone is 10. The fourth-order valence-electron chi connectivity index (χ4n) is 2.24. The van der Waals surface area contributed by atoms with E-state index in [1.807, 2.05) is 6.08 Å². The lowest BCUT2D eigenvalue weighted by Crippen LogP contribution is -2.12. The van der Waals surface area contributed by atoms with Crippen molar-refractivity contribution >= 4 is 17.7 Å². The summed E-state index contributed by atoms with van der Waals surface area (Å²) in [6.45, 7) is 3.54. The number of carbonyl (C=O) groups excluding carboxylic acids is 3. The van der Waals surface area contributed by atoms with E-state index in [1.54, 1.807) is 0 Å². The first-order chi connectivity index (χ1) is 14.1. The lowest BCUT2D eigenvalue weighted by molar-refractivity contribution is -0.160. The number of hydrogen-bond acceptors (Lipinski definition) is 4. The molecule has 0 heterocycles. The minimum atomic E-state index is -0.625. The maximum Gasteiger partial charge on any atom is 0.313 e. The normalized spacial score (nSPS) is 12.2. The summed E-state index contributed by atoms with van der Waals surface area (Å²) in [7, 11) is 0. The molecule has 0 radical (unpaired) electrons. The van der Waals surface area contributed by atoms with Gasteiger partial charge in [0, 0.05) is 12.8 Å². The lowest BCUT2D eigenvalue weighted by atomic mass is 10.2. The highest BCUT2D eigenvalue weighted by atomic mass is 16.6. The first-order valence-corrected chi connectivity index (χ1v) is 10.5. The predicted molar refractivity (Wildman–Crippen MR) is 119 cm³/mol. The van der Waals surface area contributed by atoms with E-state index in [1.165, 1.54) is 6.92 Å². The van der Waals surface area contributed by atoms with Crippen molar-refractivity contribution in [3.05, 3.63) is 60.8 Å². The number of hydrogen-bond donors (Lipinski definition) is 0. The first kappa shape index (κ1) is 26.5. The van der Waals surface area contributed by atoms with Crippen LogP contribution in [0, 0.1) is 0 Å². The van der Waals surface area contributed by atoms with E-state index in [9.17, 15) is 14.4 Å². The van der Waals surface area contributed by atoms with Gasteiger partial charge in [-0.3, -0.25) is 9.59 Å². The van der Waals surface area contributed by atoms with Gasteiger partial charge in [-0.15, -0.1) is 0 Å². The number of ether oxygens (including phenoxy) is 1. The van der Waals surface area contributed by atoms with Gasteiger partial charge >= 0.3 is 11.9 Å². The molecule has 0 unspecified atom stereocenters. The van der Waals surface area contributed by atoms with Gasteiger partial charge in [0.05, 0.1) is 6.42 Å². The Labute approximate surface area is 176 Å². The largest absolute Gasteiger partial charge is 0.393 e. The fraction of sp³-hybridized carbons (Fsp3) is 0.480. The molecular weight excluding hydrogens is 364 g/mol. The summed E-state index contributed by atoms with van der Waals surface area (Å²) in [4.78, 5) is 33.6. The van der Waals surface area contributed by atoms with Gasteiger partial charge in [-0.05, 0) is 51.9 Å². The Morgan fingerprint density at radius 1 is 0.621 bits per heavy atom. The molecule has 4 heteroatoms. The van der Waals surface area contributed by atoms with E-state index in [2.05, 4.69) is 66.3 Å². The van der Waals surface area contributed by atoms with Crippen LogP contribution >= 0.6 is 0 Å². The van der Waals surface area contributed by atoms with Crippen molar-refractivity contribution in [1.29, 1.82) is 0 Å². The average molecular weight is 401 g/mol. The number of esters is 2. The van der Waals surface area contributed by atoms with E-state index >= 15 is 0 Å². The molecule has 0 bridgehead atoms. The first-order valence-electron chi connectivity index (χ1n) is 10.5. The van der Waals surface area contributed by atoms with Gasteiger partial charge in [-0.2, -0.15) is 0 Å². The summed E-state index contributed by atoms with van der Waals surface area (Å²) >= 11 is 0. The van der Waals surface area contributed by atoms with Crippen LogP contribution in [0.1, 0.15) is 78.1 Å². The van der Waals surface area contributed by atoms with Gasteiger partial charge in [0.15, 0.2) is 0 Å². The van der Waals surface area contributed by atoms with Crippen molar-refractivity contribution in [2.75, 3.05) is 0 Å². The molecule has 0 aromatic rings. The SMILES string of the molecule is CC/C=C\C/C=C\C/C=C\C/C=C\C/C=C\CCCC(=O)OC(=O)CCC(C)=O. The van der Waals surface area contributed by atoms with Crippen LogP contribution in [0.25, 0.3) is 0 Å². The van der Waals surface area contributed by atoms with Gasteiger partial charge in [-0.1, -0.05) is 67.7 Å². The van der Waals surface area contributed by atoms with Crippen LogP contribution in [0.4, 0.5) is 0 Å². The van der Waals surface area contributed by atoms with Crippen molar-refractivity contribution in [3.8, 4) is 0 Å². The highest BCUT2D eigenvalue weighted by Gasteiger charge is 2.10. The minimum absolute atomic E-state index is 0.0319. The molecular formula is C25H36O4. The molecule has 0 aliphatic heterocycles. The molecule has 0 aliphatic carbocycles. The Balaban J connectivity index is 3.62. The molecule has 4 nitrogen and oxygen atoms in total. The van der Waals surface area contributed by atoms with Gasteiger partial charge in [0.1, 0.15) is 5.78 Å². The van der Waals surface area contributed by atoms with E-state index < -0.39 is 11.9 Å². The summed E-state index contributed by atoms with van der Waals surface area (Å²) in [6, 6.07) is 0. The number of unbranched alkanes of at least 4 members (excludes halogenated alkanes) is 1. The van der Waals surface area contributed by atoms with Crippen LogP contribution in [0.5, 0.6) is 0 Å². The van der Waals surface area contributed by atoms with Crippen molar-refractivity contribution < 1.29 is 19.1 Å². The Morgan fingerprint density at radius 2 is 1.07 bits per heavy atom. The highest BCUT2D eigenvalue weighted by Crippen LogP contribution is 2.03. The number of carbonyl (C=O) groups is 3. The standard InChI is InChI=1S/C25H36O4/c1-3-4-5-6-7-8-9-10-11-12-13-14-15-16-17-18-19-20-24(27)29-25(28)22-21-23(2)26/h4-5,7-8,10-11,13-14,16-17H,3,6,9,12,15,18-22H2,1-2H3/b5-4-,8-7-,11-10-,14-13-,17-16-. The van der Waals surface area contributed by atoms with E-state index in [0.29, 0.717) is 6.42 Å². The monoisotopic (exact) mass is 400 g/mol. The minimum Gasteiger partial charge on any atom is -0.393 e. The molecule has 0 rings (SSSR count). The summed E-state index contributed by atoms with van der Waals surface area (Å²) < 4.78 is 4.65. The highest BCUT2D eigenvalue weighted by molar-refractivity contribution is 5.87. The molecule has 0 saturated carbocycles.